The van der Waals surface area contributed by atoms with Crippen LogP contribution in [0.3, 0.4) is 0 Å². The minimum atomic E-state index is -0.617. The Morgan fingerprint density at radius 1 is 1.29 bits per heavy atom. The lowest BCUT2D eigenvalue weighted by Crippen LogP contribution is -2.13. The Hall–Kier alpha value is -2.54. The van der Waals surface area contributed by atoms with E-state index in [2.05, 4.69) is 5.32 Å². The second-order valence-electron chi connectivity index (χ2n) is 4.11. The van der Waals surface area contributed by atoms with E-state index in [1.54, 1.807) is 12.1 Å². The van der Waals surface area contributed by atoms with E-state index in [4.69, 9.17) is 0 Å². The maximum atomic E-state index is 12.2. The monoisotopic (exact) mass is 304 g/mol. The van der Waals surface area contributed by atoms with Gasteiger partial charge in [-0.15, -0.1) is 11.8 Å². The summed E-state index contributed by atoms with van der Waals surface area (Å²) in [5.41, 5.74) is 0.360. The summed E-state index contributed by atoms with van der Waals surface area (Å²) in [6.07, 6.45) is 1.86. The lowest BCUT2D eigenvalue weighted by atomic mass is 10.2. The summed E-state index contributed by atoms with van der Waals surface area (Å²) in [4.78, 5) is 23.0. The van der Waals surface area contributed by atoms with E-state index in [-0.39, 0.29) is 23.0 Å². The van der Waals surface area contributed by atoms with Crippen LogP contribution in [0.5, 0.6) is 5.75 Å². The molecule has 0 fully saturated rings. The minimum Gasteiger partial charge on any atom is -0.506 e. The SMILES string of the molecule is CSc1ccccc1C(=O)Nc1ccc([N+](=O)[O-])cc1O. The molecule has 7 heteroatoms. The Kier molecular flexibility index (Phi) is 4.44. The van der Waals surface area contributed by atoms with Crippen molar-refractivity contribution in [3.63, 3.8) is 0 Å². The van der Waals surface area contributed by atoms with Crippen molar-refractivity contribution in [2.24, 2.45) is 0 Å². The van der Waals surface area contributed by atoms with Crippen molar-refractivity contribution in [3.05, 3.63) is 58.1 Å². The summed E-state index contributed by atoms with van der Waals surface area (Å²) in [7, 11) is 0. The number of anilines is 1. The zero-order valence-corrected chi connectivity index (χ0v) is 11.9. The summed E-state index contributed by atoms with van der Waals surface area (Å²) in [6, 6.07) is 10.6. The molecule has 0 aliphatic rings. The van der Waals surface area contributed by atoms with Crippen molar-refractivity contribution >= 4 is 29.0 Å². The second kappa shape index (κ2) is 6.27. The number of carbonyl (C=O) groups is 1. The molecule has 0 aromatic heterocycles. The van der Waals surface area contributed by atoms with Crippen LogP contribution in [0.4, 0.5) is 11.4 Å². The number of hydrogen-bond acceptors (Lipinski definition) is 5. The Balaban J connectivity index is 2.26. The van der Waals surface area contributed by atoms with Crippen molar-refractivity contribution in [2.75, 3.05) is 11.6 Å². The summed E-state index contributed by atoms with van der Waals surface area (Å²) < 4.78 is 0. The predicted molar refractivity (Wildman–Crippen MR) is 80.9 cm³/mol. The number of nitro groups is 1. The first-order chi connectivity index (χ1) is 10.0. The van der Waals surface area contributed by atoms with Crippen molar-refractivity contribution in [1.82, 2.24) is 0 Å². The third-order valence-electron chi connectivity index (χ3n) is 2.79. The Bertz CT molecular complexity index is 703. The molecule has 2 N–H and O–H groups in total. The molecule has 2 aromatic rings. The molecule has 0 saturated carbocycles. The van der Waals surface area contributed by atoms with Gasteiger partial charge < -0.3 is 10.4 Å². The summed E-state index contributed by atoms with van der Waals surface area (Å²) in [5, 5.41) is 22.9. The average molecular weight is 304 g/mol. The molecular weight excluding hydrogens is 292 g/mol. The van der Waals surface area contributed by atoms with Crippen molar-refractivity contribution < 1.29 is 14.8 Å². The molecule has 21 heavy (non-hydrogen) atoms. The zero-order valence-electron chi connectivity index (χ0n) is 11.1. The Morgan fingerprint density at radius 3 is 2.62 bits per heavy atom. The number of rotatable bonds is 4. The van der Waals surface area contributed by atoms with Crippen LogP contribution in [0, 0.1) is 10.1 Å². The molecular formula is C14H12N2O4S. The van der Waals surface area contributed by atoms with Crippen LogP contribution < -0.4 is 5.32 Å². The van der Waals surface area contributed by atoms with Gasteiger partial charge in [0.05, 0.1) is 22.2 Å². The third-order valence-corrected chi connectivity index (χ3v) is 3.59. The van der Waals surface area contributed by atoms with Crippen LogP contribution in [0.2, 0.25) is 0 Å². The number of non-ortho nitro benzene ring substituents is 1. The Morgan fingerprint density at radius 2 is 2.00 bits per heavy atom. The second-order valence-corrected chi connectivity index (χ2v) is 4.96. The summed E-state index contributed by atoms with van der Waals surface area (Å²) in [6.45, 7) is 0. The van der Waals surface area contributed by atoms with Crippen LogP contribution in [0.25, 0.3) is 0 Å². The first-order valence-corrected chi connectivity index (χ1v) is 7.17. The number of thioether (sulfide) groups is 1. The number of hydrogen-bond donors (Lipinski definition) is 2. The molecule has 1 amide bonds. The molecule has 0 aliphatic heterocycles. The predicted octanol–water partition coefficient (Wildman–Crippen LogP) is 3.27. The molecule has 0 saturated heterocycles. The van der Waals surface area contributed by atoms with Gasteiger partial charge in [0.1, 0.15) is 5.75 Å². The molecule has 2 aromatic carbocycles. The van der Waals surface area contributed by atoms with Gasteiger partial charge in [-0.25, -0.2) is 0 Å². The number of phenolic OH excluding ortho intramolecular Hbond substituents is 1. The van der Waals surface area contributed by atoms with Crippen LogP contribution >= 0.6 is 11.8 Å². The van der Waals surface area contributed by atoms with Gasteiger partial charge in [-0.1, -0.05) is 12.1 Å². The molecule has 6 nitrogen and oxygen atoms in total. The molecule has 2 rings (SSSR count). The first kappa shape index (κ1) is 14.9. The molecule has 0 bridgehead atoms. The van der Waals surface area contributed by atoms with Crippen molar-refractivity contribution in [3.8, 4) is 5.75 Å². The van der Waals surface area contributed by atoms with E-state index in [0.717, 1.165) is 11.0 Å². The fraction of sp³-hybridized carbons (Fsp3) is 0.0714. The molecule has 0 unspecified atom stereocenters. The molecule has 0 radical (unpaired) electrons. The number of phenols is 1. The number of nitrogens with zero attached hydrogens (tertiary/aromatic N) is 1. The van der Waals surface area contributed by atoms with Crippen LogP contribution in [0.1, 0.15) is 10.4 Å². The fourth-order valence-electron chi connectivity index (χ4n) is 1.76. The molecule has 108 valence electrons. The summed E-state index contributed by atoms with van der Waals surface area (Å²) in [5.74, 6) is -0.733. The van der Waals surface area contributed by atoms with E-state index in [1.165, 1.54) is 23.9 Å². The lowest BCUT2D eigenvalue weighted by molar-refractivity contribution is -0.384. The van der Waals surface area contributed by atoms with Gasteiger partial charge in [-0.2, -0.15) is 0 Å². The fourth-order valence-corrected chi connectivity index (χ4v) is 2.36. The van der Waals surface area contributed by atoms with E-state index >= 15 is 0 Å². The quantitative estimate of drug-likeness (QED) is 0.391. The van der Waals surface area contributed by atoms with Gasteiger partial charge in [0.15, 0.2) is 0 Å². The van der Waals surface area contributed by atoms with E-state index in [9.17, 15) is 20.0 Å². The van der Waals surface area contributed by atoms with Gasteiger partial charge in [-0.05, 0) is 24.5 Å². The standard InChI is InChI=1S/C14H12N2O4S/c1-21-13-5-3-2-4-10(13)14(18)15-11-7-6-9(16(19)20)8-12(11)17/h2-8,17H,1H3,(H,15,18). The van der Waals surface area contributed by atoms with E-state index < -0.39 is 4.92 Å². The number of carbonyl (C=O) groups excluding carboxylic acids is 1. The average Bonchev–Trinajstić information content (AvgIpc) is 2.48. The van der Waals surface area contributed by atoms with E-state index in [1.807, 2.05) is 18.4 Å². The molecule has 0 spiro atoms. The number of nitro benzene ring substituents is 1. The van der Waals surface area contributed by atoms with Gasteiger partial charge in [0.2, 0.25) is 0 Å². The Labute approximate surface area is 125 Å². The number of nitrogens with one attached hydrogen (secondary N) is 1. The van der Waals surface area contributed by atoms with Crippen LogP contribution in [0.15, 0.2) is 47.4 Å². The van der Waals surface area contributed by atoms with Crippen LogP contribution in [-0.2, 0) is 0 Å². The van der Waals surface area contributed by atoms with Crippen molar-refractivity contribution in [1.29, 1.82) is 0 Å². The smallest absolute Gasteiger partial charge is 0.273 e. The lowest BCUT2D eigenvalue weighted by Gasteiger charge is -2.09. The molecule has 0 atom stereocenters. The largest absolute Gasteiger partial charge is 0.506 e. The third kappa shape index (κ3) is 3.32. The maximum absolute atomic E-state index is 12.2. The highest BCUT2D eigenvalue weighted by Crippen LogP contribution is 2.29. The van der Waals surface area contributed by atoms with Gasteiger partial charge in [-0.3, -0.25) is 14.9 Å². The number of benzene rings is 2. The zero-order chi connectivity index (χ0) is 15.4. The number of amides is 1. The normalized spacial score (nSPS) is 10.1. The first-order valence-electron chi connectivity index (χ1n) is 5.94. The molecule has 0 heterocycles. The topological polar surface area (TPSA) is 92.5 Å². The van der Waals surface area contributed by atoms with Crippen molar-refractivity contribution in [2.45, 2.75) is 4.90 Å². The van der Waals surface area contributed by atoms with Crippen LogP contribution in [-0.4, -0.2) is 22.2 Å². The van der Waals surface area contributed by atoms with Gasteiger partial charge in [0.25, 0.3) is 11.6 Å². The summed E-state index contributed by atoms with van der Waals surface area (Å²) >= 11 is 1.43. The molecule has 0 aliphatic carbocycles. The minimum absolute atomic E-state index is 0.126. The highest BCUT2D eigenvalue weighted by atomic mass is 32.2. The van der Waals surface area contributed by atoms with Gasteiger partial charge >= 0.3 is 0 Å². The number of aromatic hydroxyl groups is 1. The highest BCUT2D eigenvalue weighted by molar-refractivity contribution is 7.98. The highest BCUT2D eigenvalue weighted by Gasteiger charge is 2.15. The van der Waals surface area contributed by atoms with Gasteiger partial charge in [0, 0.05) is 11.0 Å². The van der Waals surface area contributed by atoms with E-state index in [0.29, 0.717) is 5.56 Å². The maximum Gasteiger partial charge on any atom is 0.273 e.